The number of halogens is 3. The highest BCUT2D eigenvalue weighted by molar-refractivity contribution is 5.81. The molecule has 0 radical (unpaired) electrons. The zero-order chi connectivity index (χ0) is 18.9. The van der Waals surface area contributed by atoms with Crippen LogP contribution in [0.15, 0.2) is 59.2 Å². The van der Waals surface area contributed by atoms with Gasteiger partial charge in [0.1, 0.15) is 5.57 Å². The van der Waals surface area contributed by atoms with Gasteiger partial charge < -0.3 is 5.32 Å². The molecule has 1 aliphatic carbocycles. The maximum absolute atomic E-state index is 12.6. The van der Waals surface area contributed by atoms with Gasteiger partial charge in [-0.3, -0.25) is 10.00 Å². The second-order valence-corrected chi connectivity index (χ2v) is 6.91. The van der Waals surface area contributed by atoms with Gasteiger partial charge in [0.05, 0.1) is 11.7 Å². The fourth-order valence-corrected chi connectivity index (χ4v) is 3.50. The second-order valence-electron chi connectivity index (χ2n) is 6.91. The Hall–Kier alpha value is -2.72. The lowest BCUT2D eigenvalue weighted by molar-refractivity contribution is -0.0880. The molecule has 2 aromatic rings. The largest absolute Gasteiger partial charge is 0.424 e. The summed E-state index contributed by atoms with van der Waals surface area (Å²) < 4.78 is 37.9. The van der Waals surface area contributed by atoms with Gasteiger partial charge in [-0.1, -0.05) is 11.5 Å². The number of fused-ring (bicyclic) bond motifs is 1. The predicted molar refractivity (Wildman–Crippen MR) is 98.4 cm³/mol. The molecule has 2 aliphatic rings. The van der Waals surface area contributed by atoms with Crippen LogP contribution in [0.2, 0.25) is 0 Å². The van der Waals surface area contributed by atoms with Crippen molar-refractivity contribution in [3.8, 4) is 0 Å². The van der Waals surface area contributed by atoms with Gasteiger partial charge in [-0.2, -0.15) is 18.3 Å². The Morgan fingerprint density at radius 1 is 1.26 bits per heavy atom. The number of H-pyrrole nitrogens is 1. The van der Waals surface area contributed by atoms with E-state index in [-0.39, 0.29) is 0 Å². The molecule has 2 N–H and O–H groups in total. The minimum Gasteiger partial charge on any atom is -0.381 e. The van der Waals surface area contributed by atoms with E-state index in [1.807, 2.05) is 12.1 Å². The molecule has 1 aromatic carbocycles. The summed E-state index contributed by atoms with van der Waals surface area (Å²) in [5.41, 5.74) is 6.88. The lowest BCUT2D eigenvalue weighted by Crippen LogP contribution is -2.42. The van der Waals surface area contributed by atoms with Gasteiger partial charge in [-0.25, -0.2) is 0 Å². The van der Waals surface area contributed by atoms with Crippen molar-refractivity contribution >= 4 is 16.6 Å². The molecule has 27 heavy (non-hydrogen) atoms. The van der Waals surface area contributed by atoms with Crippen molar-refractivity contribution in [2.24, 2.45) is 0 Å². The summed E-state index contributed by atoms with van der Waals surface area (Å²) in [7, 11) is 0. The average molecular weight is 372 g/mol. The topological polar surface area (TPSA) is 44.0 Å². The number of hydrogen-bond acceptors (Lipinski definition) is 3. The first-order valence-electron chi connectivity index (χ1n) is 8.89. The summed E-state index contributed by atoms with van der Waals surface area (Å²) in [4.78, 5) is 2.24. The molecule has 7 heteroatoms. The highest BCUT2D eigenvalue weighted by Crippen LogP contribution is 2.27. The number of likely N-dealkylation sites (tertiary alicyclic amines) is 1. The maximum atomic E-state index is 12.6. The molecule has 0 bridgehead atoms. The van der Waals surface area contributed by atoms with Crippen molar-refractivity contribution in [3.05, 3.63) is 59.2 Å². The van der Waals surface area contributed by atoms with Gasteiger partial charge in [-0.15, -0.1) is 0 Å². The standard InChI is InChI=1S/C20H19F3N4/c21-20(22,23)16-5-3-14(4-6-16)12-27-9-1-2-18(13-27)25-17-7-8-19-15(10-17)11-24-26-19/h3,5,7-8,10-11,18,25H,1-2,9,12-13H2,(H,24,26). The van der Waals surface area contributed by atoms with Gasteiger partial charge >= 0.3 is 6.18 Å². The Morgan fingerprint density at radius 3 is 2.93 bits per heavy atom. The van der Waals surface area contributed by atoms with Crippen LogP contribution in [0.1, 0.15) is 12.8 Å². The number of aromatic nitrogens is 2. The molecule has 1 aromatic heterocycles. The number of piperidine rings is 1. The molecule has 1 fully saturated rings. The third-order valence-electron chi connectivity index (χ3n) is 4.82. The summed E-state index contributed by atoms with van der Waals surface area (Å²) in [5.74, 6) is 0. The third kappa shape index (κ3) is 4.17. The van der Waals surface area contributed by atoms with Crippen molar-refractivity contribution in [2.45, 2.75) is 25.1 Å². The zero-order valence-electron chi connectivity index (χ0n) is 14.6. The van der Waals surface area contributed by atoms with E-state index in [4.69, 9.17) is 0 Å². The quantitative estimate of drug-likeness (QED) is 0.792. The monoisotopic (exact) mass is 372 g/mol. The minimum absolute atomic E-state index is 0.293. The molecule has 1 saturated heterocycles. The molecule has 2 heterocycles. The number of rotatable bonds is 4. The van der Waals surface area contributed by atoms with E-state index < -0.39 is 11.7 Å². The minimum atomic E-state index is -4.37. The van der Waals surface area contributed by atoms with Gasteiger partial charge in [0, 0.05) is 35.8 Å². The van der Waals surface area contributed by atoms with Gasteiger partial charge in [-0.05, 0) is 49.7 Å². The van der Waals surface area contributed by atoms with E-state index in [0.717, 1.165) is 54.2 Å². The zero-order valence-corrected chi connectivity index (χ0v) is 14.6. The van der Waals surface area contributed by atoms with Crippen LogP contribution in [-0.4, -0.2) is 46.9 Å². The van der Waals surface area contributed by atoms with Crippen LogP contribution < -0.4 is 5.32 Å². The van der Waals surface area contributed by atoms with Crippen LogP contribution in [0.25, 0.3) is 10.9 Å². The smallest absolute Gasteiger partial charge is 0.381 e. The molecule has 4 nitrogen and oxygen atoms in total. The van der Waals surface area contributed by atoms with E-state index in [1.54, 1.807) is 6.20 Å². The molecule has 0 spiro atoms. The number of nitrogens with zero attached hydrogens (tertiary/aromatic N) is 2. The molecule has 4 rings (SSSR count). The highest BCUT2D eigenvalue weighted by Gasteiger charge is 2.32. The SMILES string of the molecule is FC(F)(F)C1=C=C=C(CN2CCCC(Nc3ccc4[nH]ncc4c3)C2)C=C1. The fraction of sp³-hybridized carbons (Fsp3) is 0.350. The maximum Gasteiger partial charge on any atom is 0.424 e. The van der Waals surface area contributed by atoms with Gasteiger partial charge in [0.25, 0.3) is 0 Å². The van der Waals surface area contributed by atoms with Crippen LogP contribution in [0, 0.1) is 0 Å². The summed E-state index contributed by atoms with van der Waals surface area (Å²) >= 11 is 0. The number of benzene rings is 1. The Balaban J connectivity index is 1.40. The number of alkyl halides is 3. The van der Waals surface area contributed by atoms with Crippen LogP contribution in [-0.2, 0) is 0 Å². The van der Waals surface area contributed by atoms with Crippen LogP contribution in [0.5, 0.6) is 0 Å². The van der Waals surface area contributed by atoms with Crippen molar-refractivity contribution in [2.75, 3.05) is 25.0 Å². The fourth-order valence-electron chi connectivity index (χ4n) is 3.50. The van der Waals surface area contributed by atoms with E-state index in [0.29, 0.717) is 12.6 Å². The van der Waals surface area contributed by atoms with Crippen molar-refractivity contribution < 1.29 is 13.2 Å². The third-order valence-corrected chi connectivity index (χ3v) is 4.82. The predicted octanol–water partition coefficient (Wildman–Crippen LogP) is 4.18. The van der Waals surface area contributed by atoms with Crippen LogP contribution >= 0.6 is 0 Å². The summed E-state index contributed by atoms with van der Waals surface area (Å²) in [6, 6.07) is 6.38. The van der Waals surface area contributed by atoms with E-state index in [1.165, 1.54) is 6.08 Å². The Morgan fingerprint density at radius 2 is 2.15 bits per heavy atom. The average Bonchev–Trinajstić information content (AvgIpc) is 3.09. The van der Waals surface area contributed by atoms with Crippen molar-refractivity contribution in [3.63, 3.8) is 0 Å². The Bertz CT molecular complexity index is 973. The lowest BCUT2D eigenvalue weighted by atomic mass is 10.0. The summed E-state index contributed by atoms with van der Waals surface area (Å²) in [6.07, 6.45) is 2.09. The molecule has 0 amide bonds. The molecular weight excluding hydrogens is 353 g/mol. The van der Waals surface area contributed by atoms with Gasteiger partial charge in [0.2, 0.25) is 0 Å². The number of aromatic amines is 1. The number of anilines is 1. The second kappa shape index (κ2) is 7.12. The Kier molecular flexibility index (Phi) is 4.66. The number of nitrogens with one attached hydrogen (secondary N) is 2. The van der Waals surface area contributed by atoms with Crippen molar-refractivity contribution in [1.29, 1.82) is 0 Å². The molecule has 1 aliphatic heterocycles. The van der Waals surface area contributed by atoms with Crippen molar-refractivity contribution in [1.82, 2.24) is 15.1 Å². The summed E-state index contributed by atoms with van der Waals surface area (Å²) in [6.45, 7) is 2.33. The van der Waals surface area contributed by atoms with Crippen LogP contribution in [0.4, 0.5) is 18.9 Å². The Labute approximate surface area is 154 Å². The molecule has 0 saturated carbocycles. The van der Waals surface area contributed by atoms with E-state index >= 15 is 0 Å². The first-order chi connectivity index (χ1) is 13.0. The number of hydrogen-bond donors (Lipinski definition) is 2. The highest BCUT2D eigenvalue weighted by atomic mass is 19.4. The first kappa shape index (κ1) is 17.7. The van der Waals surface area contributed by atoms with Gasteiger partial charge in [0.15, 0.2) is 0 Å². The van der Waals surface area contributed by atoms with E-state index in [9.17, 15) is 13.2 Å². The molecule has 1 unspecified atom stereocenters. The molecule has 1 atom stereocenters. The number of allylic oxidation sites excluding steroid dienone is 2. The lowest BCUT2D eigenvalue weighted by Gasteiger charge is -2.33. The van der Waals surface area contributed by atoms with E-state index in [2.05, 4.69) is 37.9 Å². The van der Waals surface area contributed by atoms with Crippen LogP contribution in [0.3, 0.4) is 0 Å². The molecule has 140 valence electrons. The summed E-state index contributed by atoms with van der Waals surface area (Å²) in [5, 5.41) is 11.6. The molecular formula is C20H19F3N4. The first-order valence-corrected chi connectivity index (χ1v) is 8.89. The normalized spacial score (nSPS) is 20.6.